The molecule has 1 heterocycles. The number of likely N-dealkylation sites (N-methyl/N-ethyl adjacent to an activating group) is 1. The Kier molecular flexibility index (Phi) is 5.96. The SMILES string of the molecule is CCNCC1CCCCN1Cc1cccc(Cl)c1Cl. The van der Waals surface area contributed by atoms with Crippen LogP contribution in [0.2, 0.25) is 10.0 Å². The Bertz CT molecular complexity index is 409. The van der Waals surface area contributed by atoms with Gasteiger partial charge in [0.1, 0.15) is 0 Å². The van der Waals surface area contributed by atoms with E-state index in [-0.39, 0.29) is 0 Å². The molecule has 0 saturated carbocycles. The smallest absolute Gasteiger partial charge is 0.0637 e. The number of piperidine rings is 1. The van der Waals surface area contributed by atoms with E-state index in [0.29, 0.717) is 16.1 Å². The molecule has 1 aromatic rings. The Morgan fingerprint density at radius 2 is 2.16 bits per heavy atom. The van der Waals surface area contributed by atoms with Crippen molar-refractivity contribution >= 4 is 23.2 Å². The monoisotopic (exact) mass is 300 g/mol. The fourth-order valence-corrected chi connectivity index (χ4v) is 3.08. The summed E-state index contributed by atoms with van der Waals surface area (Å²) in [6, 6.07) is 6.52. The quantitative estimate of drug-likeness (QED) is 0.885. The number of nitrogens with one attached hydrogen (secondary N) is 1. The van der Waals surface area contributed by atoms with Crippen molar-refractivity contribution in [3.63, 3.8) is 0 Å². The summed E-state index contributed by atoms with van der Waals surface area (Å²) in [4.78, 5) is 2.53. The first-order valence-electron chi connectivity index (χ1n) is 7.10. The Hall–Kier alpha value is -0.280. The van der Waals surface area contributed by atoms with Crippen molar-refractivity contribution < 1.29 is 0 Å². The molecule has 1 atom stereocenters. The highest BCUT2D eigenvalue weighted by Gasteiger charge is 2.22. The maximum Gasteiger partial charge on any atom is 0.0637 e. The lowest BCUT2D eigenvalue weighted by molar-refractivity contribution is 0.138. The summed E-state index contributed by atoms with van der Waals surface area (Å²) in [5.74, 6) is 0. The lowest BCUT2D eigenvalue weighted by atomic mass is 10.0. The molecule has 1 fully saturated rings. The molecule has 1 N–H and O–H groups in total. The molecule has 2 rings (SSSR count). The van der Waals surface area contributed by atoms with Crippen molar-refractivity contribution in [3.8, 4) is 0 Å². The lowest BCUT2D eigenvalue weighted by Crippen LogP contribution is -2.44. The summed E-state index contributed by atoms with van der Waals surface area (Å²) in [7, 11) is 0. The zero-order valence-electron chi connectivity index (χ0n) is 11.5. The zero-order valence-corrected chi connectivity index (χ0v) is 13.0. The van der Waals surface area contributed by atoms with E-state index < -0.39 is 0 Å². The maximum absolute atomic E-state index is 6.29. The van der Waals surface area contributed by atoms with Crippen LogP contribution in [-0.2, 0) is 6.54 Å². The van der Waals surface area contributed by atoms with Gasteiger partial charge in [-0.05, 0) is 37.6 Å². The molecule has 1 aromatic carbocycles. The van der Waals surface area contributed by atoms with Crippen LogP contribution < -0.4 is 5.32 Å². The second-order valence-electron chi connectivity index (χ2n) is 5.14. The van der Waals surface area contributed by atoms with Crippen LogP contribution in [0.5, 0.6) is 0 Å². The van der Waals surface area contributed by atoms with Gasteiger partial charge in [0.05, 0.1) is 10.0 Å². The van der Waals surface area contributed by atoms with Crippen molar-refractivity contribution in [3.05, 3.63) is 33.8 Å². The molecule has 4 heteroatoms. The molecule has 0 aromatic heterocycles. The standard InChI is InChI=1S/C15H22Cl2N2/c1-2-18-10-13-7-3-4-9-19(13)11-12-6-5-8-14(16)15(12)17/h5-6,8,13,18H,2-4,7,9-11H2,1H3. The third-order valence-electron chi connectivity index (χ3n) is 3.78. The fraction of sp³-hybridized carbons (Fsp3) is 0.600. The van der Waals surface area contributed by atoms with E-state index in [1.54, 1.807) is 0 Å². The number of hydrogen-bond acceptors (Lipinski definition) is 2. The number of hydrogen-bond donors (Lipinski definition) is 1. The fourth-order valence-electron chi connectivity index (χ4n) is 2.70. The van der Waals surface area contributed by atoms with Crippen LogP contribution in [0.15, 0.2) is 18.2 Å². The van der Waals surface area contributed by atoms with Gasteiger partial charge in [0, 0.05) is 19.1 Å². The van der Waals surface area contributed by atoms with Crippen molar-refractivity contribution in [1.29, 1.82) is 0 Å². The average molecular weight is 301 g/mol. The predicted octanol–water partition coefficient (Wildman–Crippen LogP) is 3.96. The molecule has 2 nitrogen and oxygen atoms in total. The summed E-state index contributed by atoms with van der Waals surface area (Å²) in [6.07, 6.45) is 3.88. The Morgan fingerprint density at radius 3 is 2.95 bits per heavy atom. The highest BCUT2D eigenvalue weighted by molar-refractivity contribution is 6.42. The average Bonchev–Trinajstić information content (AvgIpc) is 2.43. The van der Waals surface area contributed by atoms with Crippen LogP contribution >= 0.6 is 23.2 Å². The molecule has 1 saturated heterocycles. The van der Waals surface area contributed by atoms with Crippen molar-refractivity contribution in [2.24, 2.45) is 0 Å². The first-order valence-corrected chi connectivity index (χ1v) is 7.85. The minimum Gasteiger partial charge on any atom is -0.315 e. The Balaban J connectivity index is 2.04. The minimum atomic E-state index is 0.615. The van der Waals surface area contributed by atoms with E-state index in [0.717, 1.165) is 31.7 Å². The van der Waals surface area contributed by atoms with Gasteiger partial charge in [0.2, 0.25) is 0 Å². The molecule has 0 aliphatic carbocycles. The van der Waals surface area contributed by atoms with Crippen LogP contribution in [0.4, 0.5) is 0 Å². The number of likely N-dealkylation sites (tertiary alicyclic amines) is 1. The van der Waals surface area contributed by atoms with Gasteiger partial charge in [-0.1, -0.05) is 48.7 Å². The van der Waals surface area contributed by atoms with E-state index in [1.807, 2.05) is 12.1 Å². The number of halogens is 2. The highest BCUT2D eigenvalue weighted by Crippen LogP contribution is 2.28. The van der Waals surface area contributed by atoms with Gasteiger partial charge in [-0.3, -0.25) is 4.90 Å². The van der Waals surface area contributed by atoms with Crippen molar-refractivity contribution in [1.82, 2.24) is 10.2 Å². The molecular weight excluding hydrogens is 279 g/mol. The summed E-state index contributed by atoms with van der Waals surface area (Å²) >= 11 is 12.4. The summed E-state index contributed by atoms with van der Waals surface area (Å²) in [5.41, 5.74) is 1.14. The zero-order chi connectivity index (χ0) is 13.7. The number of rotatable bonds is 5. The summed E-state index contributed by atoms with van der Waals surface area (Å²) < 4.78 is 0. The second kappa shape index (κ2) is 7.49. The normalized spacial score (nSPS) is 20.7. The summed E-state index contributed by atoms with van der Waals surface area (Å²) in [6.45, 7) is 6.30. The molecule has 0 spiro atoms. The molecule has 1 aliphatic heterocycles. The van der Waals surface area contributed by atoms with E-state index in [9.17, 15) is 0 Å². The van der Waals surface area contributed by atoms with Crippen LogP contribution in [0.1, 0.15) is 31.7 Å². The molecule has 0 bridgehead atoms. The van der Waals surface area contributed by atoms with Gasteiger partial charge >= 0.3 is 0 Å². The van der Waals surface area contributed by atoms with Gasteiger partial charge < -0.3 is 5.32 Å². The van der Waals surface area contributed by atoms with E-state index in [2.05, 4.69) is 23.2 Å². The van der Waals surface area contributed by atoms with E-state index >= 15 is 0 Å². The van der Waals surface area contributed by atoms with Gasteiger partial charge in [-0.15, -0.1) is 0 Å². The molecule has 1 aliphatic rings. The Morgan fingerprint density at radius 1 is 1.32 bits per heavy atom. The van der Waals surface area contributed by atoms with Crippen LogP contribution in [0.25, 0.3) is 0 Å². The Labute approximate surface area is 126 Å². The van der Waals surface area contributed by atoms with Gasteiger partial charge in [-0.2, -0.15) is 0 Å². The highest BCUT2D eigenvalue weighted by atomic mass is 35.5. The van der Waals surface area contributed by atoms with Crippen molar-refractivity contribution in [2.45, 2.75) is 38.8 Å². The largest absolute Gasteiger partial charge is 0.315 e. The first kappa shape index (κ1) is 15.1. The number of nitrogens with zero attached hydrogens (tertiary/aromatic N) is 1. The third kappa shape index (κ3) is 4.09. The third-order valence-corrected chi connectivity index (χ3v) is 4.64. The van der Waals surface area contributed by atoms with E-state index in [1.165, 1.54) is 19.3 Å². The minimum absolute atomic E-state index is 0.615. The van der Waals surface area contributed by atoms with Crippen LogP contribution in [0, 0.1) is 0 Å². The molecule has 19 heavy (non-hydrogen) atoms. The summed E-state index contributed by atoms with van der Waals surface area (Å²) in [5, 5.41) is 4.82. The van der Waals surface area contributed by atoms with Gasteiger partial charge in [-0.25, -0.2) is 0 Å². The molecule has 1 unspecified atom stereocenters. The van der Waals surface area contributed by atoms with Crippen LogP contribution in [-0.4, -0.2) is 30.6 Å². The van der Waals surface area contributed by atoms with Crippen molar-refractivity contribution in [2.75, 3.05) is 19.6 Å². The van der Waals surface area contributed by atoms with Gasteiger partial charge in [0.15, 0.2) is 0 Å². The first-order chi connectivity index (χ1) is 9.22. The second-order valence-corrected chi connectivity index (χ2v) is 5.93. The number of benzene rings is 1. The maximum atomic E-state index is 6.29. The van der Waals surface area contributed by atoms with E-state index in [4.69, 9.17) is 23.2 Å². The lowest BCUT2D eigenvalue weighted by Gasteiger charge is -2.36. The molecule has 0 amide bonds. The molecule has 0 radical (unpaired) electrons. The van der Waals surface area contributed by atoms with Gasteiger partial charge in [0.25, 0.3) is 0 Å². The predicted molar refractivity (Wildman–Crippen MR) is 83.1 cm³/mol. The molecule has 106 valence electrons. The van der Waals surface area contributed by atoms with Crippen LogP contribution in [0.3, 0.4) is 0 Å². The molecular formula is C15H22Cl2N2. The topological polar surface area (TPSA) is 15.3 Å².